The third kappa shape index (κ3) is 5.42. The molecule has 188 valence electrons. The van der Waals surface area contributed by atoms with Crippen molar-refractivity contribution in [3.8, 4) is 5.75 Å². The van der Waals surface area contributed by atoms with E-state index in [0.717, 1.165) is 16.7 Å². The third-order valence-corrected chi connectivity index (χ3v) is 7.08. The van der Waals surface area contributed by atoms with Crippen molar-refractivity contribution in [1.82, 2.24) is 14.5 Å². The van der Waals surface area contributed by atoms with Crippen molar-refractivity contribution in [1.29, 1.82) is 0 Å². The van der Waals surface area contributed by atoms with Crippen LogP contribution in [0.5, 0.6) is 5.75 Å². The summed E-state index contributed by atoms with van der Waals surface area (Å²) in [6, 6.07) is 5.89. The number of nitrogens with zero attached hydrogens (tertiary/aromatic N) is 4. The number of hydrogen-bond donors (Lipinski definition) is 0. The number of hydrogen-bond acceptors (Lipinski definition) is 8. The summed E-state index contributed by atoms with van der Waals surface area (Å²) >= 11 is 0.513. The molecule has 3 aromatic rings. The standard InChI is InChI=1S/C19H14F6N4O4S2/c20-18(21,22)15-4-3-14(34-15)9-29-10-26-16(27-17(29)30)28-6-5-11-7-13(2-1-12(11)8-28)33-35(31,32)19(23,24)25/h1-4,7,10H,5-6,8-9H2. The van der Waals surface area contributed by atoms with Gasteiger partial charge in [-0.2, -0.15) is 39.7 Å². The molecular weight excluding hydrogens is 526 g/mol. The highest BCUT2D eigenvalue weighted by Crippen LogP contribution is 2.35. The van der Waals surface area contributed by atoms with Gasteiger partial charge >= 0.3 is 27.5 Å². The molecule has 0 saturated heterocycles. The molecule has 0 unspecified atom stereocenters. The predicted octanol–water partition coefficient (Wildman–Crippen LogP) is 3.56. The molecule has 16 heteroatoms. The van der Waals surface area contributed by atoms with Crippen LogP contribution in [-0.2, 0) is 35.8 Å². The maximum Gasteiger partial charge on any atom is 0.534 e. The van der Waals surface area contributed by atoms with Gasteiger partial charge in [0.1, 0.15) is 17.0 Å². The van der Waals surface area contributed by atoms with Gasteiger partial charge in [-0.3, -0.25) is 4.57 Å². The predicted molar refractivity (Wildman–Crippen MR) is 112 cm³/mol. The Morgan fingerprint density at radius 1 is 1.06 bits per heavy atom. The number of aromatic nitrogens is 3. The van der Waals surface area contributed by atoms with Crippen molar-refractivity contribution < 1.29 is 38.9 Å². The van der Waals surface area contributed by atoms with Gasteiger partial charge in [0.25, 0.3) is 0 Å². The van der Waals surface area contributed by atoms with E-state index in [-0.39, 0.29) is 32.0 Å². The second-order valence-corrected chi connectivity index (χ2v) is 10.1. The van der Waals surface area contributed by atoms with Crippen LogP contribution in [0.4, 0.5) is 32.3 Å². The van der Waals surface area contributed by atoms with Crippen LogP contribution in [0.1, 0.15) is 20.9 Å². The lowest BCUT2D eigenvalue weighted by Crippen LogP contribution is -2.35. The van der Waals surface area contributed by atoms with Crippen LogP contribution in [0.3, 0.4) is 0 Å². The molecule has 4 rings (SSSR count). The Labute approximate surface area is 197 Å². The molecule has 2 aromatic heterocycles. The Morgan fingerprint density at radius 2 is 1.80 bits per heavy atom. The molecule has 8 nitrogen and oxygen atoms in total. The lowest BCUT2D eigenvalue weighted by atomic mass is 10.00. The molecule has 0 aliphatic carbocycles. The first-order chi connectivity index (χ1) is 16.2. The van der Waals surface area contributed by atoms with Gasteiger partial charge in [-0.15, -0.1) is 11.3 Å². The van der Waals surface area contributed by atoms with Crippen molar-refractivity contribution in [2.75, 3.05) is 11.4 Å². The molecule has 0 saturated carbocycles. The minimum atomic E-state index is -5.79. The summed E-state index contributed by atoms with van der Waals surface area (Å²) in [6.07, 6.45) is -3.02. The smallest absolute Gasteiger partial charge is 0.376 e. The largest absolute Gasteiger partial charge is 0.534 e. The number of benzene rings is 1. The van der Waals surface area contributed by atoms with Crippen LogP contribution in [0.15, 0.2) is 41.5 Å². The number of thiophene rings is 1. The minimum Gasteiger partial charge on any atom is -0.376 e. The number of halogens is 6. The molecule has 1 aliphatic heterocycles. The van der Waals surface area contributed by atoms with Crippen molar-refractivity contribution in [2.45, 2.75) is 31.2 Å². The summed E-state index contributed by atoms with van der Waals surface area (Å²) in [5.41, 5.74) is -5.08. The number of rotatable bonds is 5. The zero-order chi connectivity index (χ0) is 25.6. The maximum absolute atomic E-state index is 12.8. The topological polar surface area (TPSA) is 94.4 Å². The maximum atomic E-state index is 12.8. The molecular formula is C19H14F6N4O4S2. The van der Waals surface area contributed by atoms with Crippen molar-refractivity contribution in [3.63, 3.8) is 0 Å². The average Bonchev–Trinajstić information content (AvgIpc) is 3.23. The zero-order valence-electron chi connectivity index (χ0n) is 17.3. The Balaban J connectivity index is 1.47. The lowest BCUT2D eigenvalue weighted by molar-refractivity contribution is -0.134. The first kappa shape index (κ1) is 25.0. The van der Waals surface area contributed by atoms with E-state index in [1.165, 1.54) is 24.5 Å². The molecule has 0 fully saturated rings. The van der Waals surface area contributed by atoms with E-state index in [9.17, 15) is 39.6 Å². The molecule has 0 spiro atoms. The van der Waals surface area contributed by atoms with E-state index in [4.69, 9.17) is 0 Å². The Morgan fingerprint density at radius 3 is 2.43 bits per heavy atom. The summed E-state index contributed by atoms with van der Waals surface area (Å²) in [4.78, 5) is 21.5. The van der Waals surface area contributed by atoms with Gasteiger partial charge in [0.2, 0.25) is 5.95 Å². The fraction of sp³-hybridized carbons (Fsp3) is 0.316. The molecule has 0 atom stereocenters. The van der Waals surface area contributed by atoms with Crippen LogP contribution in [-0.4, -0.2) is 35.0 Å². The van der Waals surface area contributed by atoms with Crippen LogP contribution >= 0.6 is 11.3 Å². The molecule has 0 amide bonds. The zero-order valence-corrected chi connectivity index (χ0v) is 18.9. The van der Waals surface area contributed by atoms with Gasteiger partial charge in [-0.1, -0.05) is 6.07 Å². The van der Waals surface area contributed by atoms with Gasteiger partial charge in [-0.25, -0.2) is 9.78 Å². The lowest BCUT2D eigenvalue weighted by Gasteiger charge is -2.29. The highest BCUT2D eigenvalue weighted by molar-refractivity contribution is 7.88. The number of fused-ring (bicyclic) bond motifs is 1. The average molecular weight is 540 g/mol. The Bertz CT molecular complexity index is 1420. The Kier molecular flexibility index (Phi) is 6.29. The van der Waals surface area contributed by atoms with Gasteiger partial charge < -0.3 is 9.08 Å². The van der Waals surface area contributed by atoms with Crippen LogP contribution in [0, 0.1) is 0 Å². The first-order valence-corrected chi connectivity index (χ1v) is 11.9. The van der Waals surface area contributed by atoms with E-state index in [1.54, 1.807) is 4.90 Å². The van der Waals surface area contributed by atoms with Gasteiger partial charge in [0.05, 0.1) is 6.54 Å². The molecule has 0 N–H and O–H groups in total. The number of anilines is 1. The van der Waals surface area contributed by atoms with E-state index in [1.807, 2.05) is 0 Å². The van der Waals surface area contributed by atoms with Crippen LogP contribution in [0.2, 0.25) is 0 Å². The fourth-order valence-electron chi connectivity index (χ4n) is 3.32. The highest BCUT2D eigenvalue weighted by Gasteiger charge is 2.48. The molecule has 1 aromatic carbocycles. The fourth-order valence-corrected chi connectivity index (χ4v) is 4.64. The van der Waals surface area contributed by atoms with Gasteiger partial charge in [0.15, 0.2) is 0 Å². The van der Waals surface area contributed by atoms with E-state index < -0.39 is 38.1 Å². The summed E-state index contributed by atoms with van der Waals surface area (Å²) in [7, 11) is -5.79. The number of alkyl halides is 6. The van der Waals surface area contributed by atoms with Gasteiger partial charge in [0, 0.05) is 18.0 Å². The SMILES string of the molecule is O=c1nc(N2CCc3cc(OS(=O)(=O)C(F)(F)F)ccc3C2)ncn1Cc1ccc(C(F)(F)F)s1. The second kappa shape index (κ2) is 8.82. The van der Waals surface area contributed by atoms with Crippen molar-refractivity contribution in [2.24, 2.45) is 0 Å². The summed E-state index contributed by atoms with van der Waals surface area (Å²) in [5.74, 6) is -0.408. The van der Waals surface area contributed by atoms with E-state index >= 15 is 0 Å². The minimum absolute atomic E-state index is 0.0686. The summed E-state index contributed by atoms with van der Waals surface area (Å²) in [5, 5.41) is 0. The molecule has 0 radical (unpaired) electrons. The van der Waals surface area contributed by atoms with Crippen LogP contribution in [0.25, 0.3) is 0 Å². The quantitative estimate of drug-likeness (QED) is 0.278. The van der Waals surface area contributed by atoms with Crippen molar-refractivity contribution >= 4 is 27.4 Å². The van der Waals surface area contributed by atoms with Crippen LogP contribution < -0.4 is 14.8 Å². The van der Waals surface area contributed by atoms with E-state index in [2.05, 4.69) is 14.2 Å². The monoisotopic (exact) mass is 540 g/mol. The molecule has 35 heavy (non-hydrogen) atoms. The Hall–Kier alpha value is -3.14. The first-order valence-electron chi connectivity index (χ1n) is 9.70. The molecule has 0 bridgehead atoms. The summed E-state index contributed by atoms with van der Waals surface area (Å²) in [6.45, 7) is 0.322. The normalized spacial score (nSPS) is 14.6. The highest BCUT2D eigenvalue weighted by atomic mass is 32.2. The summed E-state index contributed by atoms with van der Waals surface area (Å²) < 4.78 is 103. The van der Waals surface area contributed by atoms with Gasteiger partial charge in [-0.05, 0) is 41.8 Å². The molecule has 3 heterocycles. The van der Waals surface area contributed by atoms with E-state index in [0.29, 0.717) is 27.3 Å². The second-order valence-electron chi connectivity index (χ2n) is 7.42. The molecule has 1 aliphatic rings. The third-order valence-electron chi connectivity index (χ3n) is 4.98. The van der Waals surface area contributed by atoms with Crippen molar-refractivity contribution in [3.05, 3.63) is 68.0 Å².